The summed E-state index contributed by atoms with van der Waals surface area (Å²) in [6.07, 6.45) is 7.72. The van der Waals surface area contributed by atoms with Gasteiger partial charge in [-0.2, -0.15) is 5.10 Å². The number of aromatic nitrogens is 4. The second-order valence-electron chi connectivity index (χ2n) is 5.70. The van der Waals surface area contributed by atoms with Crippen LogP contribution in [0, 0.1) is 0 Å². The number of pyridine rings is 1. The number of likely N-dealkylation sites (tertiary alicyclic amines) is 1. The van der Waals surface area contributed by atoms with Crippen LogP contribution in [0.4, 0.5) is 0 Å². The van der Waals surface area contributed by atoms with Gasteiger partial charge in [0, 0.05) is 13.1 Å². The van der Waals surface area contributed by atoms with Gasteiger partial charge in [-0.25, -0.2) is 14.6 Å². The predicted octanol–water partition coefficient (Wildman–Crippen LogP) is 1.09. The van der Waals surface area contributed by atoms with Crippen molar-refractivity contribution in [3.8, 4) is 5.75 Å². The molecule has 2 aliphatic rings. The molecule has 0 saturated carbocycles. The van der Waals surface area contributed by atoms with Gasteiger partial charge in [-0.3, -0.25) is 4.79 Å². The van der Waals surface area contributed by atoms with Crippen molar-refractivity contribution < 1.29 is 9.53 Å². The van der Waals surface area contributed by atoms with Crippen molar-refractivity contribution in [3.63, 3.8) is 0 Å². The highest BCUT2D eigenvalue weighted by Crippen LogP contribution is 2.26. The van der Waals surface area contributed by atoms with Crippen LogP contribution in [0.1, 0.15) is 34.9 Å². The van der Waals surface area contributed by atoms with Crippen LogP contribution in [0.25, 0.3) is 0 Å². The van der Waals surface area contributed by atoms with E-state index in [1.807, 2.05) is 15.6 Å². The summed E-state index contributed by atoms with van der Waals surface area (Å²) >= 11 is 0. The molecule has 0 N–H and O–H groups in total. The Morgan fingerprint density at radius 3 is 3.23 bits per heavy atom. The molecule has 4 heterocycles. The number of fused-ring (bicyclic) bond motifs is 1. The van der Waals surface area contributed by atoms with E-state index in [0.29, 0.717) is 12.2 Å². The molecule has 2 aromatic rings. The predicted molar refractivity (Wildman–Crippen MR) is 77.6 cm³/mol. The number of nitrogens with zero attached hydrogens (tertiary/aromatic N) is 5. The van der Waals surface area contributed by atoms with Gasteiger partial charge in [0.15, 0.2) is 0 Å². The van der Waals surface area contributed by atoms with E-state index in [2.05, 4.69) is 15.1 Å². The molecule has 1 amide bonds. The van der Waals surface area contributed by atoms with Gasteiger partial charge in [0.2, 0.25) is 0 Å². The van der Waals surface area contributed by atoms with E-state index < -0.39 is 0 Å². The third-order valence-electron chi connectivity index (χ3n) is 4.28. The van der Waals surface area contributed by atoms with Crippen LogP contribution in [0.15, 0.2) is 24.9 Å². The van der Waals surface area contributed by atoms with Crippen molar-refractivity contribution in [3.05, 3.63) is 36.2 Å². The lowest BCUT2D eigenvalue weighted by atomic mass is 10.1. The molecule has 0 radical (unpaired) electrons. The molecule has 0 aromatic carbocycles. The molecule has 7 heteroatoms. The summed E-state index contributed by atoms with van der Waals surface area (Å²) in [6.45, 7) is 2.10. The number of rotatable bonds is 2. The van der Waals surface area contributed by atoms with Gasteiger partial charge in [-0.1, -0.05) is 0 Å². The fourth-order valence-electron chi connectivity index (χ4n) is 3.08. The second-order valence-corrected chi connectivity index (χ2v) is 5.70. The summed E-state index contributed by atoms with van der Waals surface area (Å²) in [6, 6.07) is 2.08. The number of carbonyl (C=O) groups is 1. The van der Waals surface area contributed by atoms with E-state index in [1.54, 1.807) is 12.5 Å². The lowest BCUT2D eigenvalue weighted by Gasteiger charge is -2.19. The Morgan fingerprint density at radius 2 is 2.36 bits per heavy atom. The van der Waals surface area contributed by atoms with Crippen LogP contribution in [-0.4, -0.2) is 50.3 Å². The molecule has 0 bridgehead atoms. The number of aryl methyl sites for hydroxylation is 1. The second kappa shape index (κ2) is 5.40. The van der Waals surface area contributed by atoms with Gasteiger partial charge in [-0.05, 0) is 30.9 Å². The Labute approximate surface area is 127 Å². The fraction of sp³-hybridized carbons (Fsp3) is 0.467. The van der Waals surface area contributed by atoms with Crippen LogP contribution < -0.4 is 4.74 Å². The summed E-state index contributed by atoms with van der Waals surface area (Å²) in [5.74, 6) is 0.792. The molecule has 1 saturated heterocycles. The molecule has 0 aliphatic carbocycles. The Hall–Kier alpha value is -2.44. The average molecular weight is 299 g/mol. The molecule has 2 aliphatic heterocycles. The maximum atomic E-state index is 12.6. The molecule has 1 fully saturated rings. The number of hydrogen-bond acceptors (Lipinski definition) is 5. The SMILES string of the molecule is O=C(c1cc2c(cn1)OCCC2)N1CCC(n2cncn2)C1. The highest BCUT2D eigenvalue weighted by Gasteiger charge is 2.29. The summed E-state index contributed by atoms with van der Waals surface area (Å²) in [4.78, 5) is 22.7. The van der Waals surface area contributed by atoms with Gasteiger partial charge in [-0.15, -0.1) is 0 Å². The third-order valence-corrected chi connectivity index (χ3v) is 4.28. The summed E-state index contributed by atoms with van der Waals surface area (Å²) in [5, 5.41) is 4.16. The molecule has 1 unspecified atom stereocenters. The lowest BCUT2D eigenvalue weighted by molar-refractivity contribution is 0.0781. The minimum Gasteiger partial charge on any atom is -0.492 e. The fourth-order valence-corrected chi connectivity index (χ4v) is 3.08. The minimum absolute atomic E-state index is 0.0176. The molecule has 114 valence electrons. The van der Waals surface area contributed by atoms with Crippen molar-refractivity contribution >= 4 is 5.91 Å². The number of carbonyl (C=O) groups excluding carboxylic acids is 1. The van der Waals surface area contributed by atoms with Gasteiger partial charge in [0.05, 0.1) is 18.8 Å². The molecule has 2 aromatic heterocycles. The summed E-state index contributed by atoms with van der Waals surface area (Å²) < 4.78 is 7.36. The Morgan fingerprint density at radius 1 is 1.41 bits per heavy atom. The van der Waals surface area contributed by atoms with Crippen LogP contribution in [0.3, 0.4) is 0 Å². The van der Waals surface area contributed by atoms with Crippen LogP contribution in [-0.2, 0) is 6.42 Å². The lowest BCUT2D eigenvalue weighted by Crippen LogP contribution is -2.30. The van der Waals surface area contributed by atoms with E-state index in [4.69, 9.17) is 4.74 Å². The summed E-state index contributed by atoms with van der Waals surface area (Å²) in [7, 11) is 0. The Bertz CT molecular complexity index is 685. The van der Waals surface area contributed by atoms with Gasteiger partial charge >= 0.3 is 0 Å². The zero-order valence-corrected chi connectivity index (χ0v) is 12.2. The maximum absolute atomic E-state index is 12.6. The van der Waals surface area contributed by atoms with Gasteiger partial charge in [0.25, 0.3) is 5.91 Å². The van der Waals surface area contributed by atoms with E-state index >= 15 is 0 Å². The van der Waals surface area contributed by atoms with Gasteiger partial charge in [0.1, 0.15) is 24.1 Å². The number of hydrogen-bond donors (Lipinski definition) is 0. The highest BCUT2D eigenvalue weighted by atomic mass is 16.5. The molecule has 0 spiro atoms. The van der Waals surface area contributed by atoms with Crippen LogP contribution >= 0.6 is 0 Å². The maximum Gasteiger partial charge on any atom is 0.272 e. The quantitative estimate of drug-likeness (QED) is 0.830. The van der Waals surface area contributed by atoms with Gasteiger partial charge < -0.3 is 9.64 Å². The highest BCUT2D eigenvalue weighted by molar-refractivity contribution is 5.92. The number of amides is 1. The van der Waals surface area contributed by atoms with Crippen LogP contribution in [0.5, 0.6) is 5.75 Å². The minimum atomic E-state index is -0.0176. The normalized spacial score (nSPS) is 20.5. The van der Waals surface area contributed by atoms with Crippen molar-refractivity contribution in [2.45, 2.75) is 25.3 Å². The van der Waals surface area contributed by atoms with Crippen molar-refractivity contribution in [1.82, 2.24) is 24.6 Å². The van der Waals surface area contributed by atoms with Crippen molar-refractivity contribution in [1.29, 1.82) is 0 Å². The average Bonchev–Trinajstić information content (AvgIpc) is 3.24. The molecule has 4 rings (SSSR count). The zero-order valence-electron chi connectivity index (χ0n) is 12.2. The first-order valence-corrected chi connectivity index (χ1v) is 7.56. The molecule has 22 heavy (non-hydrogen) atoms. The van der Waals surface area contributed by atoms with E-state index in [-0.39, 0.29) is 11.9 Å². The van der Waals surface area contributed by atoms with E-state index in [9.17, 15) is 4.79 Å². The number of ether oxygens (including phenoxy) is 1. The topological polar surface area (TPSA) is 73.1 Å². The first-order valence-electron chi connectivity index (χ1n) is 7.56. The largest absolute Gasteiger partial charge is 0.492 e. The zero-order chi connectivity index (χ0) is 14.9. The van der Waals surface area contributed by atoms with Crippen LogP contribution in [0.2, 0.25) is 0 Å². The molecular weight excluding hydrogens is 282 g/mol. The van der Waals surface area contributed by atoms with Crippen molar-refractivity contribution in [2.24, 2.45) is 0 Å². The molecule has 1 atom stereocenters. The van der Waals surface area contributed by atoms with Crippen molar-refractivity contribution in [2.75, 3.05) is 19.7 Å². The monoisotopic (exact) mass is 299 g/mol. The molecular formula is C15H17N5O2. The standard InChI is InChI=1S/C15H17N5O2/c21-15(13-6-11-2-1-5-22-14(11)7-17-13)19-4-3-12(8-19)20-10-16-9-18-20/h6-7,9-10,12H,1-5,8H2. The smallest absolute Gasteiger partial charge is 0.272 e. The summed E-state index contributed by atoms with van der Waals surface area (Å²) in [5.41, 5.74) is 1.58. The first kappa shape index (κ1) is 13.2. The Balaban J connectivity index is 1.50. The Kier molecular flexibility index (Phi) is 3.25. The van der Waals surface area contributed by atoms with E-state index in [1.165, 1.54) is 6.33 Å². The first-order chi connectivity index (χ1) is 10.8. The molecule has 7 nitrogen and oxygen atoms in total. The third kappa shape index (κ3) is 2.32. The van der Waals surface area contributed by atoms with E-state index in [0.717, 1.165) is 43.7 Å².